The van der Waals surface area contributed by atoms with E-state index >= 15 is 0 Å². The lowest BCUT2D eigenvalue weighted by Crippen LogP contribution is -3.13. The number of nitrogens with one attached hydrogen (secondary N) is 1. The molecule has 38 heavy (non-hydrogen) atoms. The number of alkyl halides is 1. The molecular formula is C30H40BrF2N2O3+. The minimum atomic E-state index is -1.02. The number of halogens is 3. The number of quaternary nitrogens is 1. The lowest BCUT2D eigenvalue weighted by atomic mass is 9.94. The van der Waals surface area contributed by atoms with Gasteiger partial charge in [0.15, 0.2) is 6.10 Å². The van der Waals surface area contributed by atoms with Crippen LogP contribution in [0.5, 0.6) is 0 Å². The van der Waals surface area contributed by atoms with E-state index in [9.17, 15) is 13.6 Å². The molecule has 1 aliphatic rings. The van der Waals surface area contributed by atoms with E-state index in [2.05, 4.69) is 36.0 Å². The summed E-state index contributed by atoms with van der Waals surface area (Å²) in [5.74, 6) is 2.64. The Morgan fingerprint density at radius 2 is 1.66 bits per heavy atom. The minimum absolute atomic E-state index is 0.379. The Labute approximate surface area is 234 Å². The van der Waals surface area contributed by atoms with Gasteiger partial charge in [-0.2, -0.15) is 0 Å². The van der Waals surface area contributed by atoms with E-state index < -0.39 is 23.8 Å². The van der Waals surface area contributed by atoms with Gasteiger partial charge in [-0.3, -0.25) is 0 Å². The predicted octanol–water partition coefficient (Wildman–Crippen LogP) is 6.12. The van der Waals surface area contributed by atoms with Crippen molar-refractivity contribution in [3.63, 3.8) is 0 Å². The third-order valence-corrected chi connectivity index (χ3v) is 6.13. The van der Waals surface area contributed by atoms with Crippen molar-refractivity contribution in [3.8, 4) is 0 Å². The highest BCUT2D eigenvalue weighted by Crippen LogP contribution is 2.27. The molecule has 2 aromatic rings. The zero-order chi connectivity index (χ0) is 28.3. The molecule has 1 saturated heterocycles. The van der Waals surface area contributed by atoms with Gasteiger partial charge in [0.05, 0.1) is 13.1 Å². The maximum Gasteiger partial charge on any atom is 0.405 e. The second-order valence-electron chi connectivity index (χ2n) is 8.64. The topological polar surface area (TPSA) is 66.0 Å². The van der Waals surface area contributed by atoms with Crippen LogP contribution in [0, 0.1) is 17.6 Å². The van der Waals surface area contributed by atoms with E-state index in [-0.39, 0.29) is 0 Å². The maximum atomic E-state index is 13.2. The molecule has 3 N–H and O–H groups in total. The molecule has 5 nitrogen and oxygen atoms in total. The summed E-state index contributed by atoms with van der Waals surface area (Å²) in [6.07, 6.45) is 7.46. The van der Waals surface area contributed by atoms with Crippen LogP contribution in [-0.4, -0.2) is 38.2 Å². The van der Waals surface area contributed by atoms with Crippen molar-refractivity contribution in [2.45, 2.75) is 32.3 Å². The monoisotopic (exact) mass is 593 g/mol. The van der Waals surface area contributed by atoms with Crippen molar-refractivity contribution < 1.29 is 27.9 Å². The molecule has 0 atom stereocenters. The standard InChI is InChI=1S/C15H25NO.C14H11F2NO2.CH3Br/c1-4-7-15(6-3)17-13-12-16-10-8-14(5-2)9-11-16;15-11-5-1-3-9(7-11)13(19-14(17)18)10-4-2-6-12(16)8-10;1-2/h4,6-7,14H,1,3,5,8-13H2,2H3;1-8,13H,(H2,17,18);1H3/p+1/b15-7+;;. The normalized spacial score (nSPS) is 16.7. The fourth-order valence-electron chi connectivity index (χ4n) is 4.13. The van der Waals surface area contributed by atoms with Crippen molar-refractivity contribution in [1.82, 2.24) is 0 Å². The fourth-order valence-corrected chi connectivity index (χ4v) is 4.13. The molecule has 2 aromatic carbocycles. The fraction of sp³-hybridized carbons (Fsp3) is 0.367. The molecule has 0 unspecified atom stereocenters. The maximum absolute atomic E-state index is 13.2. The number of carbonyl (C=O) groups is 1. The van der Waals surface area contributed by atoms with Crippen LogP contribution in [0.15, 0.2) is 85.7 Å². The Kier molecular flexibility index (Phi) is 16.7. The Morgan fingerprint density at radius 1 is 1.11 bits per heavy atom. The van der Waals surface area contributed by atoms with E-state index in [1.807, 2.05) is 11.9 Å². The van der Waals surface area contributed by atoms with Crippen LogP contribution in [0.25, 0.3) is 0 Å². The second kappa shape index (κ2) is 19.2. The molecule has 0 saturated carbocycles. The highest BCUT2D eigenvalue weighted by atomic mass is 79.9. The zero-order valence-electron chi connectivity index (χ0n) is 22.3. The van der Waals surface area contributed by atoms with Crippen molar-refractivity contribution in [1.29, 1.82) is 0 Å². The number of amides is 1. The SMILES string of the molecule is C=C/C=C(\C=C)OCC[NH+]1CCC(CC)CC1.CBr.NC(=O)OC(c1cccc(F)c1)c1cccc(F)c1. The average Bonchev–Trinajstić information content (AvgIpc) is 2.93. The van der Waals surface area contributed by atoms with Gasteiger partial charge in [0.1, 0.15) is 30.5 Å². The summed E-state index contributed by atoms with van der Waals surface area (Å²) >= 11 is 2.94. The molecule has 0 radical (unpaired) electrons. The van der Waals surface area contributed by atoms with E-state index in [4.69, 9.17) is 15.2 Å². The molecule has 0 spiro atoms. The van der Waals surface area contributed by atoms with Crippen LogP contribution in [0.1, 0.15) is 43.4 Å². The molecular weight excluding hydrogens is 554 g/mol. The van der Waals surface area contributed by atoms with E-state index in [1.54, 1.807) is 29.2 Å². The molecule has 208 valence electrons. The number of primary amides is 1. The molecule has 1 heterocycles. The van der Waals surface area contributed by atoms with Crippen LogP contribution in [-0.2, 0) is 9.47 Å². The first kappa shape index (κ1) is 33.1. The molecule has 1 amide bonds. The van der Waals surface area contributed by atoms with Crippen LogP contribution in [0.2, 0.25) is 0 Å². The van der Waals surface area contributed by atoms with Crippen molar-refractivity contribution >= 4 is 22.0 Å². The molecule has 1 aliphatic heterocycles. The van der Waals surface area contributed by atoms with Gasteiger partial charge >= 0.3 is 6.09 Å². The number of allylic oxidation sites excluding steroid dienone is 3. The third kappa shape index (κ3) is 12.5. The summed E-state index contributed by atoms with van der Waals surface area (Å²) in [6.45, 7) is 14.1. The van der Waals surface area contributed by atoms with Crippen LogP contribution in [0.4, 0.5) is 13.6 Å². The van der Waals surface area contributed by atoms with Gasteiger partial charge in [0, 0.05) is 0 Å². The lowest BCUT2D eigenvalue weighted by Gasteiger charge is -2.28. The number of hydrogen-bond acceptors (Lipinski definition) is 3. The van der Waals surface area contributed by atoms with Crippen molar-refractivity contribution in [3.05, 3.63) is 108 Å². The van der Waals surface area contributed by atoms with Gasteiger partial charge in [0.25, 0.3) is 0 Å². The van der Waals surface area contributed by atoms with Gasteiger partial charge < -0.3 is 20.1 Å². The van der Waals surface area contributed by atoms with E-state index in [0.717, 1.165) is 24.8 Å². The number of carbonyl (C=O) groups excluding carboxylic acids is 1. The molecule has 0 aliphatic carbocycles. The quantitative estimate of drug-likeness (QED) is 0.198. The first-order valence-electron chi connectivity index (χ1n) is 12.6. The third-order valence-electron chi connectivity index (χ3n) is 6.13. The summed E-state index contributed by atoms with van der Waals surface area (Å²) in [5.41, 5.74) is 5.75. The van der Waals surface area contributed by atoms with Crippen LogP contribution < -0.4 is 10.6 Å². The van der Waals surface area contributed by atoms with Crippen molar-refractivity contribution in [2.24, 2.45) is 11.7 Å². The summed E-state index contributed by atoms with van der Waals surface area (Å²) in [7, 11) is 0. The Morgan fingerprint density at radius 3 is 2.08 bits per heavy atom. The molecule has 8 heteroatoms. The van der Waals surface area contributed by atoms with Gasteiger partial charge in [-0.1, -0.05) is 72.8 Å². The second-order valence-corrected chi connectivity index (χ2v) is 8.64. The van der Waals surface area contributed by atoms with Crippen LogP contribution >= 0.6 is 15.9 Å². The summed E-state index contributed by atoms with van der Waals surface area (Å²) in [5, 5.41) is 0. The lowest BCUT2D eigenvalue weighted by molar-refractivity contribution is -0.906. The van der Waals surface area contributed by atoms with Gasteiger partial charge in [-0.15, -0.1) is 0 Å². The molecule has 3 rings (SSSR count). The Bertz CT molecular complexity index is 979. The molecule has 0 bridgehead atoms. The number of piperidine rings is 1. The number of hydrogen-bond donors (Lipinski definition) is 2. The number of nitrogens with two attached hydrogens (primary N) is 1. The summed E-state index contributed by atoms with van der Waals surface area (Å²) < 4.78 is 37.0. The van der Waals surface area contributed by atoms with Gasteiger partial charge in [-0.25, -0.2) is 13.6 Å². The smallest absolute Gasteiger partial charge is 0.405 e. The number of rotatable bonds is 10. The molecule has 1 fully saturated rings. The summed E-state index contributed by atoms with van der Waals surface area (Å²) in [4.78, 5) is 12.6. The highest BCUT2D eigenvalue weighted by Gasteiger charge is 2.20. The minimum Gasteiger partial charge on any atom is -0.488 e. The van der Waals surface area contributed by atoms with Crippen LogP contribution in [0.3, 0.4) is 0 Å². The van der Waals surface area contributed by atoms with E-state index in [0.29, 0.717) is 11.1 Å². The first-order valence-corrected chi connectivity index (χ1v) is 14.2. The number of likely N-dealkylation sites (tertiary alicyclic amines) is 1. The predicted molar refractivity (Wildman–Crippen MR) is 153 cm³/mol. The largest absolute Gasteiger partial charge is 0.488 e. The zero-order valence-corrected chi connectivity index (χ0v) is 23.9. The Hall–Kier alpha value is -2.97. The average molecular weight is 595 g/mol. The Balaban J connectivity index is 0.000000359. The number of benzene rings is 2. The van der Waals surface area contributed by atoms with Gasteiger partial charge in [-0.05, 0) is 72.1 Å². The summed E-state index contributed by atoms with van der Waals surface area (Å²) in [6, 6.07) is 11.0. The highest BCUT2D eigenvalue weighted by molar-refractivity contribution is 9.08. The van der Waals surface area contributed by atoms with Crippen molar-refractivity contribution in [2.75, 3.05) is 32.1 Å². The first-order chi connectivity index (χ1) is 18.4. The van der Waals surface area contributed by atoms with Gasteiger partial charge in [0.2, 0.25) is 0 Å². The number of ether oxygens (including phenoxy) is 2. The molecule has 0 aromatic heterocycles. The van der Waals surface area contributed by atoms with E-state index in [1.165, 1.54) is 68.8 Å².